The molecule has 22 heteroatoms. The standard InChI is InChI=1S/4C12H27O4Si.2Sm/c4*1-10(2,3)14-17(13,15-11(4,5)6)16-12(7,8)9;;/h4*1-9H3;;/q4*-1;;. The zero-order valence-corrected chi connectivity index (χ0v) is 60.6. The zero-order chi connectivity index (χ0) is 56.5. The second kappa shape index (κ2) is 29.4. The summed E-state index contributed by atoms with van der Waals surface area (Å²) in [5.74, 6) is 0. The second-order valence-corrected chi connectivity index (χ2v) is 35.0. The molecule has 0 aliphatic rings. The van der Waals surface area contributed by atoms with Crippen LogP contribution in [0.25, 0.3) is 0 Å². The molecule has 0 saturated carbocycles. The van der Waals surface area contributed by atoms with Crippen LogP contribution >= 0.6 is 0 Å². The minimum absolute atomic E-state index is 0. The van der Waals surface area contributed by atoms with Crippen molar-refractivity contribution in [3.8, 4) is 0 Å². The Morgan fingerprint density at radius 3 is 0.229 bits per heavy atom. The van der Waals surface area contributed by atoms with Crippen molar-refractivity contribution in [2.75, 3.05) is 0 Å². The van der Waals surface area contributed by atoms with E-state index in [1.807, 2.05) is 249 Å². The number of hydrogen-bond donors (Lipinski definition) is 0. The summed E-state index contributed by atoms with van der Waals surface area (Å²) < 4.78 is 66.2. The van der Waals surface area contributed by atoms with Crippen LogP contribution in [-0.4, -0.2) is 103 Å². The van der Waals surface area contributed by atoms with Crippen molar-refractivity contribution < 1.29 is 153 Å². The molecule has 0 unspecified atom stereocenters. The molecule has 0 aromatic carbocycles. The Morgan fingerprint density at radius 2 is 0.200 bits per heavy atom. The van der Waals surface area contributed by atoms with E-state index in [1.54, 1.807) is 0 Å². The fraction of sp³-hybridized carbons (Fsp3) is 1.00. The number of hydrogen-bond acceptors (Lipinski definition) is 16. The summed E-state index contributed by atoms with van der Waals surface area (Å²) in [5.41, 5.74) is -6.95. The van der Waals surface area contributed by atoms with Crippen molar-refractivity contribution in [2.45, 2.75) is 316 Å². The summed E-state index contributed by atoms with van der Waals surface area (Å²) in [4.78, 5) is 50.5. The van der Waals surface area contributed by atoms with E-state index in [-0.39, 0.29) is 80.8 Å². The first kappa shape index (κ1) is 84.2. The van der Waals surface area contributed by atoms with Gasteiger partial charge in [0.25, 0.3) is 0 Å². The molecule has 0 N–H and O–H groups in total. The molecule has 0 radical (unpaired) electrons. The maximum absolute atomic E-state index is 12.6. The van der Waals surface area contributed by atoms with Crippen molar-refractivity contribution >= 4 is 36.2 Å². The maximum atomic E-state index is 12.6. The molecule has 0 atom stereocenters. The van der Waals surface area contributed by atoms with Crippen molar-refractivity contribution in [2.24, 2.45) is 0 Å². The van der Waals surface area contributed by atoms with Gasteiger partial charge in [-0.1, -0.05) is 0 Å². The van der Waals surface area contributed by atoms with Gasteiger partial charge in [-0.25, -0.2) is 0 Å². The molecule has 0 aromatic rings. The predicted molar refractivity (Wildman–Crippen MR) is 273 cm³/mol. The topological polar surface area (TPSA) is 203 Å². The van der Waals surface area contributed by atoms with Crippen LogP contribution in [0.2, 0.25) is 0 Å². The molecule has 0 fully saturated rings. The molecule has 16 nitrogen and oxygen atoms in total. The van der Waals surface area contributed by atoms with E-state index in [2.05, 4.69) is 0 Å². The van der Waals surface area contributed by atoms with Gasteiger partial charge in [0.1, 0.15) is 0 Å². The molecule has 0 bridgehead atoms. The third-order valence-electron chi connectivity index (χ3n) is 5.17. The Hall–Kier alpha value is 2.90. The Morgan fingerprint density at radius 1 is 0.157 bits per heavy atom. The SMILES string of the molecule is CC(C)(C)O[Si]([O-])(OC(C)(C)C)OC(C)(C)C.CC(C)(C)O[Si]([O-])(OC(C)(C)C)OC(C)(C)C.CC(C)(C)O[Si]([O-])(OC(C)(C)C)OC(C)(C)C.CC(C)(C)O[Si]([O-])(OC(C)(C)C)OC(C)(C)C.[Sm].[Sm]. The van der Waals surface area contributed by atoms with Gasteiger partial charge < -0.3 is 72.3 Å². The first-order valence-corrected chi connectivity index (χ1v) is 30.2. The van der Waals surface area contributed by atoms with Crippen LogP contribution in [0.3, 0.4) is 0 Å². The molecule has 0 aliphatic heterocycles. The van der Waals surface area contributed by atoms with E-state index in [0.717, 1.165) is 0 Å². The Labute approximate surface area is 500 Å². The molecule has 0 rings (SSSR count). The smallest absolute Gasteiger partial charge is 0.414 e. The summed E-state index contributed by atoms with van der Waals surface area (Å²) in [7, 11) is -15.6. The van der Waals surface area contributed by atoms with Crippen LogP contribution < -0.4 is 19.2 Å². The molecule has 0 aromatic heterocycles. The Bertz CT molecular complexity index is 1040. The minimum atomic E-state index is -3.91. The van der Waals surface area contributed by atoms with Crippen molar-refractivity contribution in [3.63, 3.8) is 0 Å². The molecular weight excluding hydrogens is 1250 g/mol. The van der Waals surface area contributed by atoms with E-state index in [4.69, 9.17) is 53.1 Å². The average molecular weight is 1350 g/mol. The van der Waals surface area contributed by atoms with Crippen LogP contribution in [0.15, 0.2) is 0 Å². The molecule has 0 heterocycles. The van der Waals surface area contributed by atoms with E-state index in [0.29, 0.717) is 0 Å². The molecule has 0 spiro atoms. The van der Waals surface area contributed by atoms with Gasteiger partial charge in [0.05, 0.1) is 67.2 Å². The van der Waals surface area contributed by atoms with Crippen LogP contribution in [0.4, 0.5) is 0 Å². The Balaban J connectivity index is -0.000000193. The number of rotatable bonds is 12. The first-order valence-electron chi connectivity index (χ1n) is 23.7. The minimum Gasteiger partial charge on any atom is -0.793 e. The average Bonchev–Trinajstić information content (AvgIpc) is 2.73. The summed E-state index contributed by atoms with van der Waals surface area (Å²) >= 11 is 0. The summed E-state index contributed by atoms with van der Waals surface area (Å²) in [6.07, 6.45) is 0. The van der Waals surface area contributed by atoms with Crippen molar-refractivity contribution in [1.82, 2.24) is 0 Å². The molecule has 0 saturated heterocycles. The molecule has 70 heavy (non-hydrogen) atoms. The van der Waals surface area contributed by atoms with Crippen molar-refractivity contribution in [1.29, 1.82) is 0 Å². The Kier molecular flexibility index (Phi) is 35.4. The largest absolute Gasteiger partial charge is 0.793 e. The van der Waals surface area contributed by atoms with Gasteiger partial charge in [0.2, 0.25) is 0 Å². The van der Waals surface area contributed by atoms with Crippen LogP contribution in [0.5, 0.6) is 0 Å². The fourth-order valence-electron chi connectivity index (χ4n) is 4.75. The quantitative estimate of drug-likeness (QED) is 0.167. The third-order valence-corrected chi connectivity index (χ3v) is 15.5. The fourth-order valence-corrected chi connectivity index (χ4v) is 14.3. The third kappa shape index (κ3) is 61.8. The summed E-state index contributed by atoms with van der Waals surface area (Å²) in [6.45, 7) is 65.7. The van der Waals surface area contributed by atoms with Gasteiger partial charge >= 0.3 is 36.2 Å². The van der Waals surface area contributed by atoms with Crippen LogP contribution in [-0.2, 0) is 53.1 Å². The van der Waals surface area contributed by atoms with Gasteiger partial charge in [-0.05, 0) is 249 Å². The van der Waals surface area contributed by atoms with Crippen molar-refractivity contribution in [3.05, 3.63) is 0 Å². The van der Waals surface area contributed by atoms with Gasteiger partial charge in [-0.3, -0.25) is 0 Å². The molecular formula is C48H108O16Si4Sm2-4. The summed E-state index contributed by atoms with van der Waals surface area (Å²) in [5, 5.41) is 0. The van der Waals surface area contributed by atoms with Crippen LogP contribution in [0, 0.1) is 80.8 Å². The van der Waals surface area contributed by atoms with E-state index in [9.17, 15) is 19.2 Å². The normalized spacial score (nSPS) is 14.7. The molecule has 0 aliphatic carbocycles. The molecule has 428 valence electrons. The summed E-state index contributed by atoms with van der Waals surface area (Å²) in [6, 6.07) is 0. The molecule has 0 amide bonds. The van der Waals surface area contributed by atoms with E-state index in [1.165, 1.54) is 0 Å². The maximum Gasteiger partial charge on any atom is 0.414 e. The monoisotopic (exact) mass is 1360 g/mol. The first-order chi connectivity index (χ1) is 28.5. The zero-order valence-electron chi connectivity index (χ0n) is 51.3. The van der Waals surface area contributed by atoms with E-state index < -0.39 is 103 Å². The van der Waals surface area contributed by atoms with Gasteiger partial charge in [-0.15, -0.1) is 0 Å². The van der Waals surface area contributed by atoms with E-state index >= 15 is 0 Å². The van der Waals surface area contributed by atoms with Gasteiger partial charge in [0, 0.05) is 80.8 Å². The predicted octanol–water partition coefficient (Wildman–Crippen LogP) is 8.91. The second-order valence-electron chi connectivity index (χ2n) is 28.6. The van der Waals surface area contributed by atoms with Crippen LogP contribution in [0.1, 0.15) is 249 Å². The van der Waals surface area contributed by atoms with Gasteiger partial charge in [-0.2, -0.15) is 0 Å². The van der Waals surface area contributed by atoms with Gasteiger partial charge in [0.15, 0.2) is 0 Å².